The summed E-state index contributed by atoms with van der Waals surface area (Å²) >= 11 is 0. The van der Waals surface area contributed by atoms with E-state index in [1.807, 2.05) is 30.3 Å². The maximum atomic E-state index is 6.75. The van der Waals surface area contributed by atoms with E-state index >= 15 is 0 Å². The SMILES string of the molecule is c1ccc(-c2cc3c(-c4c5ccccc5c(-c5ccccc5-c5ccccc5)c5ccccc45)cc4c5ccccc5oc4c3o2)cc1. The molecule has 0 spiro atoms. The number of fused-ring (bicyclic) bond motifs is 7. The molecule has 0 aliphatic carbocycles. The number of rotatable bonds is 4. The highest BCUT2D eigenvalue weighted by atomic mass is 16.4. The van der Waals surface area contributed by atoms with Crippen molar-refractivity contribution in [3.63, 3.8) is 0 Å². The Bertz CT molecular complexity index is 2760. The van der Waals surface area contributed by atoms with Crippen LogP contribution in [0.1, 0.15) is 0 Å². The van der Waals surface area contributed by atoms with Crippen molar-refractivity contribution in [2.45, 2.75) is 0 Å². The monoisotopic (exact) mass is 612 g/mol. The Kier molecular flexibility index (Phi) is 5.91. The molecule has 0 N–H and O–H groups in total. The summed E-state index contributed by atoms with van der Waals surface area (Å²) in [4.78, 5) is 0. The van der Waals surface area contributed by atoms with E-state index in [0.29, 0.717) is 0 Å². The van der Waals surface area contributed by atoms with Crippen molar-refractivity contribution >= 4 is 54.5 Å². The first kappa shape index (κ1) is 26.8. The first-order chi connectivity index (χ1) is 23.8. The van der Waals surface area contributed by atoms with Gasteiger partial charge in [0.2, 0.25) is 0 Å². The van der Waals surface area contributed by atoms with Crippen LogP contribution in [-0.2, 0) is 0 Å². The number of furan rings is 2. The smallest absolute Gasteiger partial charge is 0.178 e. The Balaban J connectivity index is 1.36. The fourth-order valence-electron chi connectivity index (χ4n) is 7.59. The molecule has 2 nitrogen and oxygen atoms in total. The first-order valence-corrected chi connectivity index (χ1v) is 16.4. The molecular formula is C46H28O2. The molecule has 0 bridgehead atoms. The number of benzene rings is 8. The van der Waals surface area contributed by atoms with Crippen LogP contribution in [0.5, 0.6) is 0 Å². The Hall–Kier alpha value is -6.38. The molecule has 0 aliphatic rings. The fraction of sp³-hybridized carbons (Fsp3) is 0. The minimum absolute atomic E-state index is 0.768. The van der Waals surface area contributed by atoms with Crippen molar-refractivity contribution in [1.29, 1.82) is 0 Å². The van der Waals surface area contributed by atoms with Crippen LogP contribution in [0.3, 0.4) is 0 Å². The van der Waals surface area contributed by atoms with Gasteiger partial charge in [0.1, 0.15) is 11.3 Å². The predicted octanol–water partition coefficient (Wildman–Crippen LogP) is 13.3. The van der Waals surface area contributed by atoms with Gasteiger partial charge in [-0.3, -0.25) is 0 Å². The molecule has 8 aromatic carbocycles. The Morgan fingerprint density at radius 2 is 0.771 bits per heavy atom. The highest BCUT2D eigenvalue weighted by molar-refractivity contribution is 6.27. The third kappa shape index (κ3) is 4.00. The zero-order chi connectivity index (χ0) is 31.6. The molecule has 0 radical (unpaired) electrons. The molecule has 0 saturated carbocycles. The van der Waals surface area contributed by atoms with Crippen molar-refractivity contribution in [3.8, 4) is 44.7 Å². The average molecular weight is 613 g/mol. The van der Waals surface area contributed by atoms with Gasteiger partial charge in [-0.1, -0.05) is 152 Å². The lowest BCUT2D eigenvalue weighted by Crippen LogP contribution is -1.93. The summed E-state index contributed by atoms with van der Waals surface area (Å²) in [5, 5.41) is 7.99. The summed E-state index contributed by atoms with van der Waals surface area (Å²) in [6.45, 7) is 0. The van der Waals surface area contributed by atoms with Crippen LogP contribution in [0, 0.1) is 0 Å². The fourth-order valence-corrected chi connectivity index (χ4v) is 7.59. The zero-order valence-corrected chi connectivity index (χ0v) is 26.0. The second-order valence-electron chi connectivity index (χ2n) is 12.4. The molecule has 2 aromatic heterocycles. The lowest BCUT2D eigenvalue weighted by atomic mass is 9.83. The second kappa shape index (κ2) is 10.6. The summed E-state index contributed by atoms with van der Waals surface area (Å²) in [5.74, 6) is 0.821. The van der Waals surface area contributed by atoms with Crippen molar-refractivity contribution in [1.82, 2.24) is 0 Å². The molecule has 0 fully saturated rings. The number of hydrogen-bond acceptors (Lipinski definition) is 2. The molecule has 0 saturated heterocycles. The minimum atomic E-state index is 0.768. The Labute approximate surface area is 277 Å². The third-order valence-electron chi connectivity index (χ3n) is 9.69. The summed E-state index contributed by atoms with van der Waals surface area (Å²) in [6, 6.07) is 60.3. The quantitative estimate of drug-likeness (QED) is 0.185. The van der Waals surface area contributed by atoms with Crippen molar-refractivity contribution in [2.75, 3.05) is 0 Å². The van der Waals surface area contributed by atoms with E-state index in [1.54, 1.807) is 0 Å². The largest absolute Gasteiger partial charge is 0.452 e. The van der Waals surface area contributed by atoms with Crippen LogP contribution >= 0.6 is 0 Å². The lowest BCUT2D eigenvalue weighted by Gasteiger charge is -2.20. The summed E-state index contributed by atoms with van der Waals surface area (Å²) in [6.07, 6.45) is 0. The Morgan fingerprint density at radius 1 is 0.292 bits per heavy atom. The molecule has 2 heteroatoms. The molecule has 0 atom stereocenters. The van der Waals surface area contributed by atoms with E-state index in [0.717, 1.165) is 49.8 Å². The van der Waals surface area contributed by atoms with E-state index in [1.165, 1.54) is 49.4 Å². The summed E-state index contributed by atoms with van der Waals surface area (Å²) in [5.41, 5.74) is 10.6. The predicted molar refractivity (Wildman–Crippen MR) is 200 cm³/mol. The van der Waals surface area contributed by atoms with E-state index in [-0.39, 0.29) is 0 Å². The van der Waals surface area contributed by atoms with Gasteiger partial charge in [0.25, 0.3) is 0 Å². The van der Waals surface area contributed by atoms with Crippen molar-refractivity contribution in [3.05, 3.63) is 170 Å². The molecule has 48 heavy (non-hydrogen) atoms. The van der Waals surface area contributed by atoms with E-state index < -0.39 is 0 Å². The Morgan fingerprint density at radius 3 is 1.42 bits per heavy atom. The third-order valence-corrected chi connectivity index (χ3v) is 9.69. The standard InChI is InChI=1S/C46H28O2/c1-3-15-29(16-4-1)31-19-7-8-21-33(31)43-34-22-9-11-24-36(34)44(37-25-12-10-23-35(37)43)38-27-39-32-20-13-14-26-41(32)47-45(39)46-40(38)28-42(48-46)30-17-5-2-6-18-30/h1-28H. The lowest BCUT2D eigenvalue weighted by molar-refractivity contribution is 0.611. The van der Waals surface area contributed by atoms with E-state index in [4.69, 9.17) is 8.83 Å². The van der Waals surface area contributed by atoms with Crippen LogP contribution in [0.2, 0.25) is 0 Å². The number of para-hydroxylation sites is 1. The van der Waals surface area contributed by atoms with Gasteiger partial charge in [-0.2, -0.15) is 0 Å². The van der Waals surface area contributed by atoms with Crippen molar-refractivity contribution < 1.29 is 8.83 Å². The van der Waals surface area contributed by atoms with Gasteiger partial charge >= 0.3 is 0 Å². The average Bonchev–Trinajstić information content (AvgIpc) is 3.77. The zero-order valence-electron chi connectivity index (χ0n) is 26.0. The first-order valence-electron chi connectivity index (χ1n) is 16.4. The van der Waals surface area contributed by atoms with Gasteiger partial charge in [0.15, 0.2) is 11.2 Å². The topological polar surface area (TPSA) is 26.3 Å². The van der Waals surface area contributed by atoms with E-state index in [9.17, 15) is 0 Å². The molecule has 0 amide bonds. The molecular weight excluding hydrogens is 585 g/mol. The van der Waals surface area contributed by atoms with Gasteiger partial charge in [-0.25, -0.2) is 0 Å². The van der Waals surface area contributed by atoms with Gasteiger partial charge in [-0.05, 0) is 73.1 Å². The van der Waals surface area contributed by atoms with Gasteiger partial charge in [0, 0.05) is 21.7 Å². The van der Waals surface area contributed by atoms with Gasteiger partial charge in [0.05, 0.1) is 0 Å². The van der Waals surface area contributed by atoms with Crippen LogP contribution in [-0.4, -0.2) is 0 Å². The number of hydrogen-bond donors (Lipinski definition) is 0. The molecule has 10 rings (SSSR count). The van der Waals surface area contributed by atoms with Crippen LogP contribution < -0.4 is 0 Å². The van der Waals surface area contributed by atoms with Crippen molar-refractivity contribution in [2.24, 2.45) is 0 Å². The molecule has 2 heterocycles. The molecule has 10 aromatic rings. The molecule has 0 unspecified atom stereocenters. The maximum Gasteiger partial charge on any atom is 0.178 e. The van der Waals surface area contributed by atoms with Crippen LogP contribution in [0.25, 0.3) is 99.2 Å². The van der Waals surface area contributed by atoms with Gasteiger partial charge < -0.3 is 8.83 Å². The summed E-state index contributed by atoms with van der Waals surface area (Å²) < 4.78 is 13.3. The highest BCUT2D eigenvalue weighted by Gasteiger charge is 2.24. The maximum absolute atomic E-state index is 6.75. The van der Waals surface area contributed by atoms with Gasteiger partial charge in [-0.15, -0.1) is 0 Å². The van der Waals surface area contributed by atoms with Crippen LogP contribution in [0.4, 0.5) is 0 Å². The van der Waals surface area contributed by atoms with Crippen LogP contribution in [0.15, 0.2) is 179 Å². The minimum Gasteiger partial charge on any atom is -0.452 e. The normalized spacial score (nSPS) is 11.8. The molecule has 224 valence electrons. The summed E-state index contributed by atoms with van der Waals surface area (Å²) in [7, 11) is 0. The molecule has 0 aliphatic heterocycles. The van der Waals surface area contributed by atoms with E-state index in [2.05, 4.69) is 140 Å². The second-order valence-corrected chi connectivity index (χ2v) is 12.4. The highest BCUT2D eigenvalue weighted by Crippen LogP contribution is 2.50.